The fraction of sp³-hybridized carbons (Fsp3) is 1.00. The predicted octanol–water partition coefficient (Wildman–Crippen LogP) is -2.08. The van der Waals surface area contributed by atoms with Gasteiger partial charge in [0.25, 0.3) is 10.2 Å². The second-order valence-electron chi connectivity index (χ2n) is 1.17. The van der Waals surface area contributed by atoms with Crippen LogP contribution in [0.3, 0.4) is 0 Å². The second kappa shape index (κ2) is 2.71. The molecular formula is CH5N2O4S2-. The van der Waals surface area contributed by atoms with Gasteiger partial charge in [-0.2, -0.15) is 8.42 Å². The minimum Gasteiger partial charge on any atom is -0.759 e. The van der Waals surface area contributed by atoms with E-state index in [9.17, 15) is 17.2 Å². The molecule has 0 bridgehead atoms. The number of hydrogen-bond acceptors (Lipinski definition) is 4. The summed E-state index contributed by atoms with van der Waals surface area (Å²) in [5.74, 6) is 0. The highest BCUT2D eigenvalue weighted by molar-refractivity contribution is 7.97. The van der Waals surface area contributed by atoms with Crippen LogP contribution in [0.15, 0.2) is 0 Å². The predicted molar refractivity (Wildman–Crippen MR) is 29.8 cm³/mol. The van der Waals surface area contributed by atoms with Gasteiger partial charge in [0.2, 0.25) is 0 Å². The number of rotatable bonds is 2. The molecule has 1 unspecified atom stereocenters. The first-order valence-corrected chi connectivity index (χ1v) is 4.25. The summed E-state index contributed by atoms with van der Waals surface area (Å²) < 4.78 is 39.8. The molecule has 0 radical (unpaired) electrons. The van der Waals surface area contributed by atoms with E-state index >= 15 is 0 Å². The third-order valence-corrected chi connectivity index (χ3v) is 2.69. The van der Waals surface area contributed by atoms with Gasteiger partial charge in [0.05, 0.1) is 0 Å². The Morgan fingerprint density at radius 1 is 1.67 bits per heavy atom. The smallest absolute Gasteiger partial charge is 0.287 e. The van der Waals surface area contributed by atoms with E-state index in [1.807, 2.05) is 0 Å². The van der Waals surface area contributed by atoms with Gasteiger partial charge in [-0.3, -0.25) is 4.21 Å². The summed E-state index contributed by atoms with van der Waals surface area (Å²) in [6, 6.07) is 0. The van der Waals surface area contributed by atoms with Gasteiger partial charge in [0.1, 0.15) is 0 Å². The van der Waals surface area contributed by atoms with E-state index in [1.165, 1.54) is 0 Å². The van der Waals surface area contributed by atoms with E-state index < -0.39 is 21.5 Å². The van der Waals surface area contributed by atoms with Gasteiger partial charge in [-0.05, 0) is 0 Å². The monoisotopic (exact) mass is 173 g/mol. The van der Waals surface area contributed by atoms with Crippen molar-refractivity contribution in [2.75, 3.05) is 7.05 Å². The Morgan fingerprint density at radius 2 is 2.00 bits per heavy atom. The molecule has 0 aliphatic rings. The highest BCUT2D eigenvalue weighted by Gasteiger charge is 2.10. The molecule has 0 rings (SSSR count). The average molecular weight is 173 g/mol. The SMILES string of the molecule is CN(S(=O)[O-])S(N)(=O)=O. The van der Waals surface area contributed by atoms with E-state index in [2.05, 4.69) is 5.14 Å². The minimum atomic E-state index is -4.08. The van der Waals surface area contributed by atoms with Crippen molar-refractivity contribution in [3.8, 4) is 0 Å². The standard InChI is InChI=1S/CH6N2O4S2/c1-3(8(4)5)9(2,6)7/h1H3,(H,4,5)(H2,2,6,7)/p-1. The van der Waals surface area contributed by atoms with Crippen LogP contribution in [0, 0.1) is 0 Å². The summed E-state index contributed by atoms with van der Waals surface area (Å²) in [7, 11) is -3.25. The van der Waals surface area contributed by atoms with Crippen LogP contribution in [0.25, 0.3) is 0 Å². The average Bonchev–Trinajstić information content (AvgIpc) is 1.62. The molecule has 0 amide bonds. The summed E-state index contributed by atoms with van der Waals surface area (Å²) in [6.45, 7) is 0. The lowest BCUT2D eigenvalue weighted by atomic mass is 11.6. The maximum absolute atomic E-state index is 10.1. The quantitative estimate of drug-likeness (QED) is 0.484. The maximum atomic E-state index is 10.1. The number of nitrogens with zero attached hydrogens (tertiary/aromatic N) is 1. The van der Waals surface area contributed by atoms with Crippen molar-refractivity contribution in [1.82, 2.24) is 3.71 Å². The Bertz CT molecular complexity index is 207. The molecule has 9 heavy (non-hydrogen) atoms. The van der Waals surface area contributed by atoms with E-state index in [0.717, 1.165) is 7.05 Å². The summed E-state index contributed by atoms with van der Waals surface area (Å²) >= 11 is -2.81. The van der Waals surface area contributed by atoms with Crippen LogP contribution in [0.4, 0.5) is 0 Å². The Hall–Kier alpha value is -0.0200. The third-order valence-electron chi connectivity index (χ3n) is 0.568. The van der Waals surface area contributed by atoms with Crippen LogP contribution >= 0.6 is 0 Å². The van der Waals surface area contributed by atoms with Crippen LogP contribution in [-0.2, 0) is 21.5 Å². The lowest BCUT2D eigenvalue weighted by molar-refractivity contribution is 0.487. The Morgan fingerprint density at radius 3 is 2.00 bits per heavy atom. The van der Waals surface area contributed by atoms with Crippen LogP contribution in [0.1, 0.15) is 0 Å². The molecule has 0 saturated carbocycles. The molecule has 0 saturated heterocycles. The highest BCUT2D eigenvalue weighted by Crippen LogP contribution is 1.89. The molecule has 0 aromatic heterocycles. The summed E-state index contributed by atoms with van der Waals surface area (Å²) in [5.41, 5.74) is 0. The maximum Gasteiger partial charge on any atom is 0.287 e. The molecule has 0 aliphatic carbocycles. The molecule has 0 fully saturated rings. The van der Waals surface area contributed by atoms with Gasteiger partial charge in [0, 0.05) is 18.3 Å². The first-order valence-electron chi connectivity index (χ1n) is 1.71. The molecule has 8 heteroatoms. The Kier molecular flexibility index (Phi) is 2.70. The Balaban J connectivity index is 4.43. The van der Waals surface area contributed by atoms with Gasteiger partial charge in [-0.25, -0.2) is 5.14 Å². The molecule has 0 aromatic rings. The zero-order chi connectivity index (χ0) is 7.65. The van der Waals surface area contributed by atoms with E-state index in [0.29, 0.717) is 0 Å². The number of hydrogen-bond donors (Lipinski definition) is 1. The summed E-state index contributed by atoms with van der Waals surface area (Å²) in [6.07, 6.45) is 0. The third kappa shape index (κ3) is 2.87. The van der Waals surface area contributed by atoms with Crippen molar-refractivity contribution in [3.63, 3.8) is 0 Å². The van der Waals surface area contributed by atoms with Crippen molar-refractivity contribution < 1.29 is 17.2 Å². The Labute approximate surface area is 55.2 Å². The summed E-state index contributed by atoms with van der Waals surface area (Å²) in [5, 5.41) is 4.38. The number of nitrogens with two attached hydrogens (primary N) is 1. The van der Waals surface area contributed by atoms with Crippen LogP contribution < -0.4 is 5.14 Å². The topological polar surface area (TPSA) is 104 Å². The molecule has 0 heterocycles. The van der Waals surface area contributed by atoms with Gasteiger partial charge in [-0.1, -0.05) is 0 Å². The van der Waals surface area contributed by atoms with Crippen LogP contribution in [-0.4, -0.2) is 27.9 Å². The first kappa shape index (κ1) is 8.98. The highest BCUT2D eigenvalue weighted by atomic mass is 32.3. The lowest BCUT2D eigenvalue weighted by Crippen LogP contribution is -2.34. The minimum absolute atomic E-state index is 0.0208. The second-order valence-corrected chi connectivity index (χ2v) is 3.96. The zero-order valence-corrected chi connectivity index (χ0v) is 6.11. The molecule has 56 valence electrons. The van der Waals surface area contributed by atoms with E-state index in [4.69, 9.17) is 0 Å². The molecule has 0 aromatic carbocycles. The van der Waals surface area contributed by atoms with Crippen molar-refractivity contribution >= 4 is 21.5 Å². The molecule has 6 nitrogen and oxygen atoms in total. The van der Waals surface area contributed by atoms with Crippen LogP contribution in [0.2, 0.25) is 0 Å². The molecule has 0 aliphatic heterocycles. The fourth-order valence-corrected chi connectivity index (χ4v) is 0.763. The molecular weight excluding hydrogens is 168 g/mol. The van der Waals surface area contributed by atoms with E-state index in [1.54, 1.807) is 0 Å². The van der Waals surface area contributed by atoms with Gasteiger partial charge < -0.3 is 4.55 Å². The molecule has 2 N–H and O–H groups in total. The first-order chi connectivity index (χ1) is 3.85. The molecule has 1 atom stereocenters. The van der Waals surface area contributed by atoms with Gasteiger partial charge in [-0.15, -0.1) is 3.71 Å². The fourth-order valence-electron chi connectivity index (χ4n) is 0.0848. The van der Waals surface area contributed by atoms with Crippen molar-refractivity contribution in [2.45, 2.75) is 0 Å². The van der Waals surface area contributed by atoms with Crippen molar-refractivity contribution in [1.29, 1.82) is 0 Å². The van der Waals surface area contributed by atoms with Crippen molar-refractivity contribution in [2.24, 2.45) is 5.14 Å². The van der Waals surface area contributed by atoms with E-state index in [-0.39, 0.29) is 3.71 Å². The van der Waals surface area contributed by atoms with Crippen LogP contribution in [0.5, 0.6) is 0 Å². The van der Waals surface area contributed by atoms with Gasteiger partial charge >= 0.3 is 0 Å². The lowest BCUT2D eigenvalue weighted by Gasteiger charge is -2.14. The summed E-state index contributed by atoms with van der Waals surface area (Å²) in [4.78, 5) is 0. The molecule has 0 spiro atoms. The van der Waals surface area contributed by atoms with Crippen molar-refractivity contribution in [3.05, 3.63) is 0 Å². The van der Waals surface area contributed by atoms with Gasteiger partial charge in [0.15, 0.2) is 0 Å². The normalized spacial score (nSPS) is 16.0. The zero-order valence-electron chi connectivity index (χ0n) is 4.47. The largest absolute Gasteiger partial charge is 0.759 e.